The quantitative estimate of drug-likeness (QED) is 0.792. The molecule has 0 N–H and O–H groups in total. The summed E-state index contributed by atoms with van der Waals surface area (Å²) in [6.07, 6.45) is 0.798. The SMILES string of the molecule is O=C(CSc1ccccc1Cl)N1CCC(c2ccccc2)=N1. The van der Waals surface area contributed by atoms with Crippen LogP contribution in [0.25, 0.3) is 0 Å². The smallest absolute Gasteiger partial charge is 0.253 e. The summed E-state index contributed by atoms with van der Waals surface area (Å²) < 4.78 is 0. The second-order valence-electron chi connectivity index (χ2n) is 4.90. The van der Waals surface area contributed by atoms with Crippen LogP contribution in [0.4, 0.5) is 0 Å². The summed E-state index contributed by atoms with van der Waals surface area (Å²) in [6.45, 7) is 0.645. The van der Waals surface area contributed by atoms with Gasteiger partial charge in [-0.3, -0.25) is 4.79 Å². The molecular weight excluding hydrogens is 316 g/mol. The summed E-state index contributed by atoms with van der Waals surface area (Å²) in [6, 6.07) is 17.5. The molecule has 0 fully saturated rings. The Labute approximate surface area is 139 Å². The molecule has 3 rings (SSSR count). The summed E-state index contributed by atoms with van der Waals surface area (Å²) in [5.41, 5.74) is 2.05. The summed E-state index contributed by atoms with van der Waals surface area (Å²) in [5, 5.41) is 6.68. The van der Waals surface area contributed by atoms with E-state index in [0.717, 1.165) is 22.6 Å². The maximum Gasteiger partial charge on any atom is 0.253 e. The van der Waals surface area contributed by atoms with Gasteiger partial charge in [0.1, 0.15) is 0 Å². The standard InChI is InChI=1S/C17H15ClN2OS/c18-14-8-4-5-9-16(14)22-12-17(21)20-11-10-15(19-20)13-6-2-1-3-7-13/h1-9H,10-12H2. The second-order valence-corrected chi connectivity index (χ2v) is 6.32. The fraction of sp³-hybridized carbons (Fsp3) is 0.176. The highest BCUT2D eigenvalue weighted by Crippen LogP contribution is 2.27. The van der Waals surface area contributed by atoms with Crippen molar-refractivity contribution in [2.24, 2.45) is 5.10 Å². The van der Waals surface area contributed by atoms with E-state index in [1.807, 2.05) is 54.6 Å². The van der Waals surface area contributed by atoms with Crippen LogP contribution >= 0.6 is 23.4 Å². The van der Waals surface area contributed by atoms with E-state index in [0.29, 0.717) is 17.3 Å². The predicted octanol–water partition coefficient (Wildman–Crippen LogP) is 4.07. The third kappa shape index (κ3) is 3.51. The Morgan fingerprint density at radius 3 is 2.64 bits per heavy atom. The molecule has 2 aromatic carbocycles. The van der Waals surface area contributed by atoms with Crippen molar-refractivity contribution >= 4 is 35.0 Å². The maximum absolute atomic E-state index is 12.3. The van der Waals surface area contributed by atoms with Crippen LogP contribution in [-0.2, 0) is 4.79 Å². The van der Waals surface area contributed by atoms with Gasteiger partial charge in [-0.15, -0.1) is 11.8 Å². The van der Waals surface area contributed by atoms with E-state index < -0.39 is 0 Å². The molecule has 22 heavy (non-hydrogen) atoms. The Hall–Kier alpha value is -1.78. The zero-order valence-corrected chi connectivity index (χ0v) is 13.5. The minimum Gasteiger partial charge on any atom is -0.272 e. The normalized spacial score (nSPS) is 14.0. The number of nitrogens with zero attached hydrogens (tertiary/aromatic N) is 2. The molecule has 0 aromatic heterocycles. The first kappa shape index (κ1) is 15.1. The largest absolute Gasteiger partial charge is 0.272 e. The van der Waals surface area contributed by atoms with E-state index in [9.17, 15) is 4.79 Å². The van der Waals surface area contributed by atoms with Gasteiger partial charge >= 0.3 is 0 Å². The zero-order valence-electron chi connectivity index (χ0n) is 11.9. The molecular formula is C17H15ClN2OS. The summed E-state index contributed by atoms with van der Waals surface area (Å²) in [4.78, 5) is 13.2. The van der Waals surface area contributed by atoms with Crippen LogP contribution in [-0.4, -0.2) is 28.9 Å². The molecule has 112 valence electrons. The highest BCUT2D eigenvalue weighted by atomic mass is 35.5. The van der Waals surface area contributed by atoms with Crippen molar-refractivity contribution in [1.29, 1.82) is 0 Å². The van der Waals surface area contributed by atoms with Crippen molar-refractivity contribution < 1.29 is 4.79 Å². The first-order valence-electron chi connectivity index (χ1n) is 7.04. The number of hydrazone groups is 1. The molecule has 0 aliphatic carbocycles. The lowest BCUT2D eigenvalue weighted by Crippen LogP contribution is -2.25. The van der Waals surface area contributed by atoms with E-state index >= 15 is 0 Å². The van der Waals surface area contributed by atoms with Gasteiger partial charge < -0.3 is 0 Å². The van der Waals surface area contributed by atoms with Crippen molar-refractivity contribution in [3.8, 4) is 0 Å². The summed E-state index contributed by atoms with van der Waals surface area (Å²) in [5.74, 6) is 0.353. The number of hydrogen-bond donors (Lipinski definition) is 0. The van der Waals surface area contributed by atoms with E-state index in [1.54, 1.807) is 5.01 Å². The maximum atomic E-state index is 12.3. The number of amides is 1. The highest BCUT2D eigenvalue weighted by Gasteiger charge is 2.21. The van der Waals surface area contributed by atoms with Crippen molar-refractivity contribution in [2.75, 3.05) is 12.3 Å². The minimum atomic E-state index is 0.0100. The Morgan fingerprint density at radius 2 is 1.86 bits per heavy atom. The van der Waals surface area contributed by atoms with Crippen molar-refractivity contribution in [3.63, 3.8) is 0 Å². The van der Waals surface area contributed by atoms with Gasteiger partial charge in [0.25, 0.3) is 5.91 Å². The molecule has 0 unspecified atom stereocenters. The van der Waals surface area contributed by atoms with Crippen LogP contribution in [0.2, 0.25) is 5.02 Å². The van der Waals surface area contributed by atoms with E-state index in [-0.39, 0.29) is 5.91 Å². The van der Waals surface area contributed by atoms with Gasteiger partial charge in [-0.1, -0.05) is 54.1 Å². The Bertz CT molecular complexity index is 703. The summed E-state index contributed by atoms with van der Waals surface area (Å²) >= 11 is 7.54. The third-order valence-corrected chi connectivity index (χ3v) is 4.88. The van der Waals surface area contributed by atoms with Crippen molar-refractivity contribution in [1.82, 2.24) is 5.01 Å². The van der Waals surface area contributed by atoms with E-state index in [4.69, 9.17) is 11.6 Å². The monoisotopic (exact) mass is 330 g/mol. The molecule has 1 amide bonds. The average Bonchev–Trinajstić information content (AvgIpc) is 3.05. The lowest BCUT2D eigenvalue weighted by atomic mass is 10.1. The van der Waals surface area contributed by atoms with Gasteiger partial charge in [-0.25, -0.2) is 5.01 Å². The molecule has 0 bridgehead atoms. The fourth-order valence-corrected chi connectivity index (χ4v) is 3.35. The molecule has 1 heterocycles. The molecule has 0 radical (unpaired) electrons. The number of carbonyl (C=O) groups excluding carboxylic acids is 1. The Balaban J connectivity index is 1.62. The van der Waals surface area contributed by atoms with Gasteiger partial charge in [0, 0.05) is 11.3 Å². The molecule has 3 nitrogen and oxygen atoms in total. The molecule has 0 saturated carbocycles. The number of hydrogen-bond acceptors (Lipinski definition) is 3. The first-order valence-corrected chi connectivity index (χ1v) is 8.41. The number of benzene rings is 2. The van der Waals surface area contributed by atoms with Gasteiger partial charge in [0.05, 0.1) is 23.0 Å². The average molecular weight is 331 g/mol. The van der Waals surface area contributed by atoms with Gasteiger partial charge in [-0.05, 0) is 17.7 Å². The van der Waals surface area contributed by atoms with Crippen LogP contribution in [0.5, 0.6) is 0 Å². The molecule has 1 aliphatic rings. The highest BCUT2D eigenvalue weighted by molar-refractivity contribution is 8.00. The van der Waals surface area contributed by atoms with Crippen LogP contribution in [0.3, 0.4) is 0 Å². The molecule has 0 spiro atoms. The molecule has 5 heteroatoms. The van der Waals surface area contributed by atoms with Crippen molar-refractivity contribution in [2.45, 2.75) is 11.3 Å². The first-order chi connectivity index (χ1) is 10.7. The third-order valence-electron chi connectivity index (χ3n) is 3.38. The molecule has 0 atom stereocenters. The van der Waals surface area contributed by atoms with E-state index in [1.165, 1.54) is 11.8 Å². The predicted molar refractivity (Wildman–Crippen MR) is 91.5 cm³/mol. The number of halogens is 1. The van der Waals surface area contributed by atoms with Crippen molar-refractivity contribution in [3.05, 3.63) is 65.2 Å². The lowest BCUT2D eigenvalue weighted by Gasteiger charge is -2.11. The van der Waals surface area contributed by atoms with Gasteiger partial charge in [0.15, 0.2) is 0 Å². The van der Waals surface area contributed by atoms with Crippen LogP contribution in [0.15, 0.2) is 64.6 Å². The number of rotatable bonds is 4. The van der Waals surface area contributed by atoms with E-state index in [2.05, 4.69) is 5.10 Å². The van der Waals surface area contributed by atoms with Gasteiger partial charge in [0.2, 0.25) is 0 Å². The number of thioether (sulfide) groups is 1. The lowest BCUT2D eigenvalue weighted by molar-refractivity contribution is -0.127. The van der Waals surface area contributed by atoms with Crippen LogP contribution in [0.1, 0.15) is 12.0 Å². The Kier molecular flexibility index (Phi) is 4.80. The van der Waals surface area contributed by atoms with Crippen LogP contribution in [0, 0.1) is 0 Å². The molecule has 2 aromatic rings. The fourth-order valence-electron chi connectivity index (χ4n) is 2.25. The number of carbonyl (C=O) groups is 1. The molecule has 0 saturated heterocycles. The zero-order chi connectivity index (χ0) is 15.4. The van der Waals surface area contributed by atoms with Crippen LogP contribution < -0.4 is 0 Å². The minimum absolute atomic E-state index is 0.0100. The second kappa shape index (κ2) is 6.99. The Morgan fingerprint density at radius 1 is 1.14 bits per heavy atom. The van der Waals surface area contributed by atoms with Gasteiger partial charge in [-0.2, -0.15) is 5.10 Å². The topological polar surface area (TPSA) is 32.7 Å². The summed E-state index contributed by atoms with van der Waals surface area (Å²) in [7, 11) is 0. The molecule has 1 aliphatic heterocycles.